The molecule has 0 bridgehead atoms. The molecule has 1 aromatic heterocycles. The van der Waals surface area contributed by atoms with Crippen molar-refractivity contribution >= 4 is 12.7 Å². The topological polar surface area (TPSA) is 40.5 Å². The summed E-state index contributed by atoms with van der Waals surface area (Å²) in [5.74, 6) is 0. The van der Waals surface area contributed by atoms with E-state index in [4.69, 9.17) is 9.47 Å². The molecule has 1 fully saturated rings. The molecule has 1 aromatic rings. The van der Waals surface area contributed by atoms with E-state index in [2.05, 4.69) is 6.58 Å². The molecule has 0 spiro atoms. The predicted octanol–water partition coefficient (Wildman–Crippen LogP) is -0.0119. The van der Waals surface area contributed by atoms with E-state index in [1.165, 1.54) is 0 Å². The van der Waals surface area contributed by atoms with Crippen LogP contribution in [0.15, 0.2) is 29.1 Å². The summed E-state index contributed by atoms with van der Waals surface area (Å²) in [6.07, 6.45) is 5.42. The van der Waals surface area contributed by atoms with Crippen molar-refractivity contribution in [2.24, 2.45) is 0 Å². The minimum Gasteiger partial charge on any atom is -0.348 e. The number of hydrogen-bond acceptors (Lipinski definition) is 3. The molecule has 0 aromatic carbocycles. The summed E-state index contributed by atoms with van der Waals surface area (Å²) in [4.78, 5) is 11.8. The maximum absolute atomic E-state index is 11.8. The van der Waals surface area contributed by atoms with E-state index >= 15 is 0 Å². The Morgan fingerprint density at radius 3 is 2.83 bits per heavy atom. The number of nitrogens with zero attached hydrogens (tertiary/aromatic N) is 1. The van der Waals surface area contributed by atoms with Crippen LogP contribution in [-0.4, -0.2) is 24.1 Å². The highest BCUT2D eigenvalue weighted by Crippen LogP contribution is 2.03. The van der Waals surface area contributed by atoms with Gasteiger partial charge in [-0.1, -0.05) is 24.8 Å². The van der Waals surface area contributed by atoms with Gasteiger partial charge in [0.1, 0.15) is 0 Å². The van der Waals surface area contributed by atoms with Crippen LogP contribution in [0.4, 0.5) is 0 Å². The number of ether oxygens (including phenoxy) is 2. The Kier molecular flexibility index (Phi) is 4.12. The maximum Gasteiger partial charge on any atom is 0.251 e. The lowest BCUT2D eigenvalue weighted by Gasteiger charge is -2.11. The normalized spacial score (nSPS) is 17.9. The molecule has 0 radical (unpaired) electrons. The molecular formula is C14H17NO3. The van der Waals surface area contributed by atoms with Gasteiger partial charge in [-0.3, -0.25) is 4.79 Å². The van der Waals surface area contributed by atoms with Gasteiger partial charge in [-0.05, 0) is 18.2 Å². The molecule has 2 heterocycles. The number of allylic oxidation sites excluding steroid dienone is 2. The summed E-state index contributed by atoms with van der Waals surface area (Å²) >= 11 is 0. The van der Waals surface area contributed by atoms with Crippen LogP contribution in [0.1, 0.15) is 6.92 Å². The molecule has 18 heavy (non-hydrogen) atoms. The van der Waals surface area contributed by atoms with Crippen LogP contribution in [0.5, 0.6) is 0 Å². The van der Waals surface area contributed by atoms with Crippen molar-refractivity contribution in [1.29, 1.82) is 0 Å². The van der Waals surface area contributed by atoms with Crippen LogP contribution in [0.2, 0.25) is 0 Å². The minimum absolute atomic E-state index is 0.0864. The fourth-order valence-electron chi connectivity index (χ4n) is 1.85. The van der Waals surface area contributed by atoms with E-state index in [0.29, 0.717) is 25.1 Å². The monoisotopic (exact) mass is 247 g/mol. The van der Waals surface area contributed by atoms with Gasteiger partial charge < -0.3 is 14.0 Å². The Balaban J connectivity index is 2.39. The van der Waals surface area contributed by atoms with Crippen molar-refractivity contribution in [2.75, 3.05) is 13.2 Å². The summed E-state index contributed by atoms with van der Waals surface area (Å²) < 4.78 is 12.3. The van der Waals surface area contributed by atoms with E-state index in [1.807, 2.05) is 25.2 Å². The summed E-state index contributed by atoms with van der Waals surface area (Å²) in [7, 11) is 0. The van der Waals surface area contributed by atoms with Gasteiger partial charge in [-0.15, -0.1) is 0 Å². The molecule has 0 atom stereocenters. The third kappa shape index (κ3) is 2.78. The average molecular weight is 247 g/mol. The molecule has 0 aliphatic carbocycles. The van der Waals surface area contributed by atoms with Crippen LogP contribution in [0.25, 0.3) is 12.7 Å². The Morgan fingerprint density at radius 1 is 1.44 bits per heavy atom. The van der Waals surface area contributed by atoms with Gasteiger partial charge in [-0.25, -0.2) is 0 Å². The Morgan fingerprint density at radius 2 is 2.17 bits per heavy atom. The van der Waals surface area contributed by atoms with Crippen LogP contribution in [0, 0.1) is 0 Å². The maximum atomic E-state index is 11.8. The first-order valence-electron chi connectivity index (χ1n) is 5.97. The molecule has 0 amide bonds. The standard InChI is InChI=1S/C14H17NO3/c1-3-4-5-12-6-7-13(16)15(11(12)2)10-14-17-8-9-18-14/h3-7,14H,2,8-10H2,1H3/b4-3-,12-5-. The Hall–Kier alpha value is -1.65. The molecule has 1 aliphatic heterocycles. The summed E-state index contributed by atoms with van der Waals surface area (Å²) in [6, 6.07) is 3.32. The van der Waals surface area contributed by atoms with Gasteiger partial charge in [0.2, 0.25) is 0 Å². The SMILES string of the molecule is C=c1/c(=C\C=C/C)ccc(=O)n1CC1OCCO1. The highest BCUT2D eigenvalue weighted by molar-refractivity contribution is 5.36. The first-order chi connectivity index (χ1) is 8.72. The van der Waals surface area contributed by atoms with Gasteiger partial charge in [0.15, 0.2) is 6.29 Å². The van der Waals surface area contributed by atoms with E-state index < -0.39 is 0 Å². The summed E-state index contributed by atoms with van der Waals surface area (Å²) in [5, 5.41) is 1.60. The van der Waals surface area contributed by atoms with E-state index in [0.717, 1.165) is 5.22 Å². The van der Waals surface area contributed by atoms with Gasteiger partial charge >= 0.3 is 0 Å². The molecule has 0 N–H and O–H groups in total. The molecule has 1 aliphatic rings. The Bertz CT molecular complexity index is 594. The number of aromatic nitrogens is 1. The zero-order chi connectivity index (χ0) is 13.0. The highest BCUT2D eigenvalue weighted by Gasteiger charge is 2.17. The van der Waals surface area contributed by atoms with Crippen LogP contribution in [-0.2, 0) is 16.0 Å². The smallest absolute Gasteiger partial charge is 0.251 e. The first-order valence-corrected chi connectivity index (χ1v) is 5.97. The van der Waals surface area contributed by atoms with Crippen LogP contribution < -0.4 is 16.1 Å². The van der Waals surface area contributed by atoms with Gasteiger partial charge in [0.25, 0.3) is 5.56 Å². The number of hydrogen-bond donors (Lipinski definition) is 0. The van der Waals surface area contributed by atoms with Crippen LogP contribution >= 0.6 is 0 Å². The van der Waals surface area contributed by atoms with Crippen molar-refractivity contribution in [2.45, 2.75) is 19.8 Å². The van der Waals surface area contributed by atoms with Crippen molar-refractivity contribution in [1.82, 2.24) is 4.57 Å². The first kappa shape index (κ1) is 12.8. The number of rotatable bonds is 3. The fraction of sp³-hybridized carbons (Fsp3) is 0.357. The fourth-order valence-corrected chi connectivity index (χ4v) is 1.85. The highest BCUT2D eigenvalue weighted by atomic mass is 16.7. The molecule has 4 nitrogen and oxygen atoms in total. The lowest BCUT2D eigenvalue weighted by molar-refractivity contribution is -0.0535. The molecule has 0 saturated carbocycles. The van der Waals surface area contributed by atoms with E-state index in [-0.39, 0.29) is 11.8 Å². The van der Waals surface area contributed by atoms with Gasteiger partial charge in [-0.2, -0.15) is 0 Å². The zero-order valence-corrected chi connectivity index (χ0v) is 10.5. The molecule has 0 unspecified atom stereocenters. The van der Waals surface area contributed by atoms with Crippen molar-refractivity contribution < 1.29 is 9.47 Å². The van der Waals surface area contributed by atoms with E-state index in [1.54, 1.807) is 16.7 Å². The van der Waals surface area contributed by atoms with Crippen molar-refractivity contribution in [3.05, 3.63) is 45.2 Å². The van der Waals surface area contributed by atoms with Crippen molar-refractivity contribution in [3.63, 3.8) is 0 Å². The Labute approximate surface area is 105 Å². The van der Waals surface area contributed by atoms with E-state index in [9.17, 15) is 4.79 Å². The third-order valence-corrected chi connectivity index (χ3v) is 2.82. The largest absolute Gasteiger partial charge is 0.348 e. The van der Waals surface area contributed by atoms with Crippen molar-refractivity contribution in [3.8, 4) is 0 Å². The molecule has 1 saturated heterocycles. The second-order valence-corrected chi connectivity index (χ2v) is 4.05. The van der Waals surface area contributed by atoms with Gasteiger partial charge in [0, 0.05) is 11.4 Å². The average Bonchev–Trinajstić information content (AvgIpc) is 2.86. The number of pyridine rings is 1. The molecule has 4 heteroatoms. The zero-order valence-electron chi connectivity index (χ0n) is 10.5. The molecular weight excluding hydrogens is 230 g/mol. The lowest BCUT2D eigenvalue weighted by Crippen LogP contribution is -2.44. The predicted molar refractivity (Wildman–Crippen MR) is 70.4 cm³/mol. The minimum atomic E-state index is -0.347. The summed E-state index contributed by atoms with van der Waals surface area (Å²) in [6.45, 7) is 7.45. The quantitative estimate of drug-likeness (QED) is 0.754. The van der Waals surface area contributed by atoms with Crippen LogP contribution in [0.3, 0.4) is 0 Å². The lowest BCUT2D eigenvalue weighted by atomic mass is 10.3. The second-order valence-electron chi connectivity index (χ2n) is 4.05. The third-order valence-electron chi connectivity index (χ3n) is 2.82. The second kappa shape index (κ2) is 5.80. The molecule has 96 valence electrons. The molecule has 2 rings (SSSR count). The van der Waals surface area contributed by atoms with Gasteiger partial charge in [0.05, 0.1) is 19.8 Å². The summed E-state index contributed by atoms with van der Waals surface area (Å²) in [5.41, 5.74) is -0.0864.